The van der Waals surface area contributed by atoms with E-state index < -0.39 is 0 Å². The van der Waals surface area contributed by atoms with E-state index in [0.29, 0.717) is 0 Å². The van der Waals surface area contributed by atoms with Crippen molar-refractivity contribution >= 4 is 53.3 Å². The SMILES string of the molecule is Cc1csc2cc(Br)c(Br)cc12. The quantitative estimate of drug-likeness (QED) is 0.660. The lowest BCUT2D eigenvalue weighted by Gasteiger charge is -1.96. The van der Waals surface area contributed by atoms with Gasteiger partial charge in [-0.1, -0.05) is 0 Å². The van der Waals surface area contributed by atoms with Gasteiger partial charge in [0, 0.05) is 13.6 Å². The van der Waals surface area contributed by atoms with Crippen molar-refractivity contribution in [2.75, 3.05) is 0 Å². The first-order valence-corrected chi connectivity index (χ1v) is 5.98. The van der Waals surface area contributed by atoms with Gasteiger partial charge in [0.15, 0.2) is 0 Å². The molecule has 0 bridgehead atoms. The number of thiophene rings is 1. The largest absolute Gasteiger partial charge is 0.143 e. The molecule has 0 nitrogen and oxygen atoms in total. The van der Waals surface area contributed by atoms with Crippen LogP contribution in [0.15, 0.2) is 26.5 Å². The van der Waals surface area contributed by atoms with Crippen molar-refractivity contribution in [2.24, 2.45) is 0 Å². The van der Waals surface area contributed by atoms with Crippen molar-refractivity contribution in [3.8, 4) is 0 Å². The average molecular weight is 306 g/mol. The molecule has 2 aromatic rings. The van der Waals surface area contributed by atoms with Crippen molar-refractivity contribution < 1.29 is 0 Å². The first-order chi connectivity index (χ1) is 5.68. The minimum Gasteiger partial charge on any atom is -0.143 e. The lowest BCUT2D eigenvalue weighted by atomic mass is 10.2. The Labute approximate surface area is 91.9 Å². The van der Waals surface area contributed by atoms with Crippen LogP contribution in [-0.4, -0.2) is 0 Å². The molecule has 0 spiro atoms. The molecule has 1 aromatic heterocycles. The van der Waals surface area contributed by atoms with Crippen molar-refractivity contribution in [1.82, 2.24) is 0 Å². The van der Waals surface area contributed by atoms with Gasteiger partial charge in [-0.3, -0.25) is 0 Å². The van der Waals surface area contributed by atoms with E-state index in [1.165, 1.54) is 15.6 Å². The van der Waals surface area contributed by atoms with Crippen LogP contribution in [0.5, 0.6) is 0 Å². The molecule has 0 N–H and O–H groups in total. The smallest absolute Gasteiger partial charge is 0.0357 e. The molecule has 1 aromatic carbocycles. The third-order valence-corrected chi connectivity index (χ3v) is 4.72. The first-order valence-electron chi connectivity index (χ1n) is 3.51. The maximum atomic E-state index is 3.49. The van der Waals surface area contributed by atoms with Crippen molar-refractivity contribution in [3.05, 3.63) is 32.0 Å². The monoisotopic (exact) mass is 304 g/mol. The summed E-state index contributed by atoms with van der Waals surface area (Å²) in [6.45, 7) is 2.14. The van der Waals surface area contributed by atoms with Crippen LogP contribution in [0.25, 0.3) is 10.1 Å². The molecule has 1 heterocycles. The molecular weight excluding hydrogens is 300 g/mol. The summed E-state index contributed by atoms with van der Waals surface area (Å²) in [5.74, 6) is 0. The van der Waals surface area contributed by atoms with E-state index in [0.717, 1.165) is 8.95 Å². The van der Waals surface area contributed by atoms with Crippen LogP contribution in [-0.2, 0) is 0 Å². The van der Waals surface area contributed by atoms with E-state index in [-0.39, 0.29) is 0 Å². The Bertz CT molecular complexity index is 431. The standard InChI is InChI=1S/C9H6Br2S/c1-5-4-12-9-3-8(11)7(10)2-6(5)9/h2-4H,1H3. The normalized spacial score (nSPS) is 10.9. The summed E-state index contributed by atoms with van der Waals surface area (Å²) in [5, 5.41) is 3.53. The summed E-state index contributed by atoms with van der Waals surface area (Å²) in [4.78, 5) is 0. The number of hydrogen-bond donors (Lipinski definition) is 0. The van der Waals surface area contributed by atoms with Gasteiger partial charge in [0.25, 0.3) is 0 Å². The minimum absolute atomic E-state index is 1.12. The molecule has 0 aliphatic heterocycles. The van der Waals surface area contributed by atoms with Crippen LogP contribution >= 0.6 is 43.2 Å². The number of halogens is 2. The number of aryl methyl sites for hydroxylation is 1. The van der Waals surface area contributed by atoms with E-state index in [1.54, 1.807) is 11.3 Å². The summed E-state index contributed by atoms with van der Waals surface area (Å²) in [6.07, 6.45) is 0. The van der Waals surface area contributed by atoms with Gasteiger partial charge in [0.05, 0.1) is 0 Å². The molecule has 0 atom stereocenters. The highest BCUT2D eigenvalue weighted by atomic mass is 79.9. The zero-order chi connectivity index (χ0) is 8.72. The van der Waals surface area contributed by atoms with Crippen LogP contribution in [0, 0.1) is 6.92 Å². The molecule has 3 heteroatoms. The molecular formula is C9H6Br2S. The van der Waals surface area contributed by atoms with E-state index in [1.807, 2.05) is 0 Å². The summed E-state index contributed by atoms with van der Waals surface area (Å²) in [5.41, 5.74) is 1.35. The lowest BCUT2D eigenvalue weighted by Crippen LogP contribution is -1.71. The van der Waals surface area contributed by atoms with Gasteiger partial charge >= 0.3 is 0 Å². The maximum absolute atomic E-state index is 3.49. The Balaban J connectivity index is 2.87. The summed E-state index contributed by atoms with van der Waals surface area (Å²) in [7, 11) is 0. The molecule has 12 heavy (non-hydrogen) atoms. The van der Waals surface area contributed by atoms with E-state index >= 15 is 0 Å². The Morgan fingerprint density at radius 3 is 2.58 bits per heavy atom. The van der Waals surface area contributed by atoms with Gasteiger partial charge in [-0.2, -0.15) is 0 Å². The van der Waals surface area contributed by atoms with Crippen LogP contribution < -0.4 is 0 Å². The average Bonchev–Trinajstić information content (AvgIpc) is 2.35. The summed E-state index contributed by atoms with van der Waals surface area (Å²) in [6, 6.07) is 4.31. The lowest BCUT2D eigenvalue weighted by molar-refractivity contribution is 1.58. The van der Waals surface area contributed by atoms with Crippen molar-refractivity contribution in [1.29, 1.82) is 0 Å². The second-order valence-electron chi connectivity index (χ2n) is 2.68. The molecule has 0 aliphatic carbocycles. The van der Waals surface area contributed by atoms with Gasteiger partial charge < -0.3 is 0 Å². The van der Waals surface area contributed by atoms with Gasteiger partial charge in [0.1, 0.15) is 0 Å². The van der Waals surface area contributed by atoms with E-state index in [9.17, 15) is 0 Å². The minimum atomic E-state index is 1.12. The molecule has 0 radical (unpaired) electrons. The third kappa shape index (κ3) is 1.34. The van der Waals surface area contributed by atoms with Crippen molar-refractivity contribution in [2.45, 2.75) is 6.92 Å². The van der Waals surface area contributed by atoms with Crippen molar-refractivity contribution in [3.63, 3.8) is 0 Å². The predicted octanol–water partition coefficient (Wildman–Crippen LogP) is 4.73. The van der Waals surface area contributed by atoms with Gasteiger partial charge in [0.2, 0.25) is 0 Å². The molecule has 0 saturated heterocycles. The molecule has 0 amide bonds. The van der Waals surface area contributed by atoms with E-state index in [2.05, 4.69) is 56.3 Å². The number of benzene rings is 1. The highest BCUT2D eigenvalue weighted by Crippen LogP contribution is 2.33. The topological polar surface area (TPSA) is 0 Å². The number of fused-ring (bicyclic) bond motifs is 1. The Morgan fingerprint density at radius 1 is 1.17 bits per heavy atom. The van der Waals surface area contributed by atoms with Crippen LogP contribution in [0.2, 0.25) is 0 Å². The zero-order valence-electron chi connectivity index (χ0n) is 6.40. The fourth-order valence-corrected chi connectivity index (χ4v) is 2.95. The zero-order valence-corrected chi connectivity index (χ0v) is 10.4. The summed E-state index contributed by atoms with van der Waals surface area (Å²) >= 11 is 8.76. The Morgan fingerprint density at radius 2 is 1.83 bits per heavy atom. The molecule has 0 unspecified atom stereocenters. The fraction of sp³-hybridized carbons (Fsp3) is 0.111. The summed E-state index contributed by atoms with van der Waals surface area (Å²) < 4.78 is 3.58. The second kappa shape index (κ2) is 3.13. The molecule has 62 valence electrons. The molecule has 0 aliphatic rings. The van der Waals surface area contributed by atoms with Gasteiger partial charge in [-0.25, -0.2) is 0 Å². The van der Waals surface area contributed by atoms with Gasteiger partial charge in [-0.05, 0) is 67.2 Å². The van der Waals surface area contributed by atoms with Gasteiger partial charge in [-0.15, -0.1) is 11.3 Å². The fourth-order valence-electron chi connectivity index (χ4n) is 1.15. The maximum Gasteiger partial charge on any atom is 0.0357 e. The van der Waals surface area contributed by atoms with Crippen LogP contribution in [0.3, 0.4) is 0 Å². The number of hydrogen-bond acceptors (Lipinski definition) is 1. The number of rotatable bonds is 0. The molecule has 0 fully saturated rings. The second-order valence-corrected chi connectivity index (χ2v) is 5.30. The Hall–Kier alpha value is 0.140. The predicted molar refractivity (Wildman–Crippen MR) is 62.0 cm³/mol. The highest BCUT2D eigenvalue weighted by Gasteiger charge is 2.03. The highest BCUT2D eigenvalue weighted by molar-refractivity contribution is 9.13. The van der Waals surface area contributed by atoms with Crippen LogP contribution in [0.4, 0.5) is 0 Å². The van der Waals surface area contributed by atoms with Crippen LogP contribution in [0.1, 0.15) is 5.56 Å². The Kier molecular flexibility index (Phi) is 2.27. The molecule has 0 saturated carbocycles. The van der Waals surface area contributed by atoms with E-state index in [4.69, 9.17) is 0 Å². The third-order valence-electron chi connectivity index (χ3n) is 1.81. The molecule has 2 rings (SSSR count). The first kappa shape index (κ1) is 8.73.